The van der Waals surface area contributed by atoms with Gasteiger partial charge in [-0.2, -0.15) is 0 Å². The average molecular weight is 465 g/mol. The Morgan fingerprint density at radius 2 is 1.31 bits per heavy atom. The highest BCUT2D eigenvalue weighted by molar-refractivity contribution is 6.09. The number of hydrogen-bond donors (Lipinski definition) is 0. The molecule has 0 bridgehead atoms. The Balaban J connectivity index is 1.35. The smallest absolute Gasteiger partial charge is 0.349 e. The molecule has 4 nitrogen and oxygen atoms in total. The molecule has 0 amide bonds. The molecule has 0 N–H and O–H groups in total. The lowest BCUT2D eigenvalue weighted by atomic mass is 9.78. The maximum absolute atomic E-state index is 12.6. The second-order valence-corrected chi connectivity index (χ2v) is 8.95. The molecule has 0 aliphatic carbocycles. The third-order valence-corrected chi connectivity index (χ3v) is 6.13. The molecular weight excluding hydrogens is 436 g/mol. The van der Waals surface area contributed by atoms with Crippen LogP contribution in [0.3, 0.4) is 0 Å². The van der Waals surface area contributed by atoms with Gasteiger partial charge in [0, 0.05) is 16.5 Å². The minimum absolute atomic E-state index is 0.0752. The van der Waals surface area contributed by atoms with Gasteiger partial charge < -0.3 is 9.47 Å². The van der Waals surface area contributed by atoms with Crippen molar-refractivity contribution < 1.29 is 19.1 Å². The summed E-state index contributed by atoms with van der Waals surface area (Å²) >= 11 is 0. The molecule has 0 saturated carbocycles. The van der Waals surface area contributed by atoms with E-state index in [-0.39, 0.29) is 17.8 Å². The zero-order valence-electron chi connectivity index (χ0n) is 20.2. The Hall–Kier alpha value is -4.18. The number of carbonyl (C=O) groups is 2. The maximum Gasteiger partial charge on any atom is 0.349 e. The van der Waals surface area contributed by atoms with Gasteiger partial charge in [0.25, 0.3) is 0 Å². The molecule has 0 aliphatic rings. The van der Waals surface area contributed by atoms with Crippen molar-refractivity contribution in [2.45, 2.75) is 26.2 Å². The van der Waals surface area contributed by atoms with Crippen LogP contribution in [0, 0.1) is 6.92 Å². The van der Waals surface area contributed by atoms with E-state index in [0.717, 1.165) is 5.56 Å². The molecule has 0 radical (unpaired) electrons. The van der Waals surface area contributed by atoms with Gasteiger partial charge in [-0.3, -0.25) is 4.79 Å². The molecular formula is C31H28O4. The van der Waals surface area contributed by atoms with E-state index in [9.17, 15) is 9.59 Å². The number of esters is 1. The van der Waals surface area contributed by atoms with E-state index in [1.54, 1.807) is 37.3 Å². The normalized spacial score (nSPS) is 11.1. The van der Waals surface area contributed by atoms with E-state index in [0.29, 0.717) is 28.2 Å². The Kier molecular flexibility index (Phi) is 7.11. The van der Waals surface area contributed by atoms with Crippen LogP contribution in [0.2, 0.25) is 0 Å². The van der Waals surface area contributed by atoms with Crippen LogP contribution in [0.15, 0.2) is 103 Å². The first-order chi connectivity index (χ1) is 16.8. The summed E-state index contributed by atoms with van der Waals surface area (Å²) in [5.41, 5.74) is 4.09. The fraction of sp³-hybridized carbons (Fsp3) is 0.161. The Bertz CT molecular complexity index is 1310. The molecule has 4 aromatic carbocycles. The van der Waals surface area contributed by atoms with E-state index in [4.69, 9.17) is 9.47 Å². The standard InChI is InChI=1S/C31H28O4/c1-22-20-24(30(33)23-10-6-4-7-11-23)14-19-28(22)35-29(32)21-34-27-17-15-26(16-18-27)31(2,3)25-12-8-5-9-13-25/h4-20H,21H2,1-3H3. The summed E-state index contributed by atoms with van der Waals surface area (Å²) in [4.78, 5) is 25.0. The van der Waals surface area contributed by atoms with Gasteiger partial charge in [0.1, 0.15) is 11.5 Å². The van der Waals surface area contributed by atoms with E-state index in [1.165, 1.54) is 5.56 Å². The molecule has 4 heteroatoms. The first-order valence-electron chi connectivity index (χ1n) is 11.5. The maximum atomic E-state index is 12.6. The largest absolute Gasteiger partial charge is 0.482 e. The average Bonchev–Trinajstić information content (AvgIpc) is 2.89. The predicted molar refractivity (Wildman–Crippen MR) is 137 cm³/mol. The van der Waals surface area contributed by atoms with E-state index < -0.39 is 5.97 Å². The molecule has 0 aliphatic heterocycles. The van der Waals surface area contributed by atoms with Gasteiger partial charge in [-0.15, -0.1) is 0 Å². The summed E-state index contributed by atoms with van der Waals surface area (Å²) in [7, 11) is 0. The van der Waals surface area contributed by atoms with Crippen LogP contribution in [0.5, 0.6) is 11.5 Å². The molecule has 0 unspecified atom stereocenters. The van der Waals surface area contributed by atoms with Gasteiger partial charge in [-0.25, -0.2) is 4.79 Å². The topological polar surface area (TPSA) is 52.6 Å². The molecule has 0 spiro atoms. The van der Waals surface area contributed by atoms with Crippen LogP contribution in [-0.4, -0.2) is 18.4 Å². The molecule has 176 valence electrons. The quantitative estimate of drug-likeness (QED) is 0.169. The van der Waals surface area contributed by atoms with Crippen molar-refractivity contribution in [3.8, 4) is 11.5 Å². The first-order valence-corrected chi connectivity index (χ1v) is 11.5. The molecule has 0 saturated heterocycles. The number of benzene rings is 4. The SMILES string of the molecule is Cc1cc(C(=O)c2ccccc2)ccc1OC(=O)COc1ccc(C(C)(C)c2ccccc2)cc1. The summed E-state index contributed by atoms with van der Waals surface area (Å²) in [5, 5.41) is 0. The third kappa shape index (κ3) is 5.67. The van der Waals surface area contributed by atoms with Crippen LogP contribution in [-0.2, 0) is 10.2 Å². The van der Waals surface area contributed by atoms with Gasteiger partial charge in [-0.05, 0) is 53.9 Å². The number of hydrogen-bond acceptors (Lipinski definition) is 4. The zero-order chi connectivity index (χ0) is 24.8. The van der Waals surface area contributed by atoms with Gasteiger partial charge in [0.2, 0.25) is 0 Å². The molecule has 0 atom stereocenters. The lowest BCUT2D eigenvalue weighted by Gasteiger charge is -2.26. The van der Waals surface area contributed by atoms with Crippen molar-refractivity contribution in [2.24, 2.45) is 0 Å². The first kappa shape index (κ1) is 24.0. The molecule has 0 fully saturated rings. The third-order valence-electron chi connectivity index (χ3n) is 6.13. The summed E-state index contributed by atoms with van der Waals surface area (Å²) in [6.45, 7) is 5.94. The minimum Gasteiger partial charge on any atom is -0.482 e. The molecule has 4 rings (SSSR count). The fourth-order valence-corrected chi connectivity index (χ4v) is 3.95. The lowest BCUT2D eigenvalue weighted by Crippen LogP contribution is -2.19. The second kappa shape index (κ2) is 10.4. The highest BCUT2D eigenvalue weighted by atomic mass is 16.6. The van der Waals surface area contributed by atoms with E-state index >= 15 is 0 Å². The molecule has 0 heterocycles. The Morgan fingerprint density at radius 1 is 0.714 bits per heavy atom. The van der Waals surface area contributed by atoms with Crippen molar-refractivity contribution in [2.75, 3.05) is 6.61 Å². The number of ketones is 1. The molecule has 35 heavy (non-hydrogen) atoms. The Labute approximate surface area is 206 Å². The molecule has 0 aromatic heterocycles. The van der Waals surface area contributed by atoms with E-state index in [2.05, 4.69) is 26.0 Å². The van der Waals surface area contributed by atoms with Crippen molar-refractivity contribution in [3.05, 3.63) is 131 Å². The number of rotatable bonds is 8. The zero-order valence-corrected chi connectivity index (χ0v) is 20.2. The van der Waals surface area contributed by atoms with Gasteiger partial charge in [0.05, 0.1) is 0 Å². The predicted octanol–water partition coefficient (Wildman–Crippen LogP) is 6.54. The Morgan fingerprint density at radius 3 is 1.94 bits per heavy atom. The number of aryl methyl sites for hydroxylation is 1. The van der Waals surface area contributed by atoms with Crippen LogP contribution in [0.1, 0.15) is 46.5 Å². The summed E-state index contributed by atoms with van der Waals surface area (Å²) < 4.78 is 11.1. The van der Waals surface area contributed by atoms with Crippen molar-refractivity contribution >= 4 is 11.8 Å². The number of carbonyl (C=O) groups excluding carboxylic acids is 2. The summed E-state index contributed by atoms with van der Waals surface area (Å²) in [6, 6.07) is 32.2. The van der Waals surface area contributed by atoms with Crippen LogP contribution in [0.4, 0.5) is 0 Å². The van der Waals surface area contributed by atoms with Gasteiger partial charge in [-0.1, -0.05) is 86.6 Å². The van der Waals surface area contributed by atoms with Crippen molar-refractivity contribution in [3.63, 3.8) is 0 Å². The highest BCUT2D eigenvalue weighted by Gasteiger charge is 2.22. The minimum atomic E-state index is -0.510. The monoisotopic (exact) mass is 464 g/mol. The molecule has 4 aromatic rings. The fourth-order valence-electron chi connectivity index (χ4n) is 3.95. The lowest BCUT2D eigenvalue weighted by molar-refractivity contribution is -0.136. The van der Waals surface area contributed by atoms with Crippen molar-refractivity contribution in [1.82, 2.24) is 0 Å². The van der Waals surface area contributed by atoms with Gasteiger partial charge >= 0.3 is 5.97 Å². The van der Waals surface area contributed by atoms with Gasteiger partial charge in [0.15, 0.2) is 12.4 Å². The van der Waals surface area contributed by atoms with Crippen LogP contribution >= 0.6 is 0 Å². The van der Waals surface area contributed by atoms with E-state index in [1.807, 2.05) is 60.7 Å². The van der Waals surface area contributed by atoms with Crippen molar-refractivity contribution in [1.29, 1.82) is 0 Å². The van der Waals surface area contributed by atoms with Crippen LogP contribution < -0.4 is 9.47 Å². The highest BCUT2D eigenvalue weighted by Crippen LogP contribution is 2.32. The summed E-state index contributed by atoms with van der Waals surface area (Å²) in [5.74, 6) is 0.413. The number of ether oxygens (including phenoxy) is 2. The van der Waals surface area contributed by atoms with Crippen LogP contribution in [0.25, 0.3) is 0 Å². The summed E-state index contributed by atoms with van der Waals surface area (Å²) in [6.07, 6.45) is 0. The second-order valence-electron chi connectivity index (χ2n) is 8.95.